The van der Waals surface area contributed by atoms with Gasteiger partial charge in [0.25, 0.3) is 5.91 Å². The molecule has 1 aromatic heterocycles. The summed E-state index contributed by atoms with van der Waals surface area (Å²) in [7, 11) is 3.18. The van der Waals surface area contributed by atoms with Crippen molar-refractivity contribution in [3.8, 4) is 17.0 Å². The van der Waals surface area contributed by atoms with Crippen LogP contribution in [0.5, 0.6) is 5.75 Å². The first kappa shape index (κ1) is 22.1. The third-order valence-electron chi connectivity index (χ3n) is 5.45. The van der Waals surface area contributed by atoms with Crippen LogP contribution in [0.15, 0.2) is 65.5 Å². The van der Waals surface area contributed by atoms with Gasteiger partial charge >= 0.3 is 11.8 Å². The first-order chi connectivity index (χ1) is 15.9. The number of amides is 2. The molecule has 2 heterocycles. The molecule has 4 rings (SSSR count). The molecule has 33 heavy (non-hydrogen) atoms. The number of ether oxygens (including phenoxy) is 2. The topological polar surface area (TPSA) is 103 Å². The zero-order chi connectivity index (χ0) is 23.4. The molecule has 9 heteroatoms. The fourth-order valence-corrected chi connectivity index (χ4v) is 3.52. The highest BCUT2D eigenvalue weighted by molar-refractivity contribution is 5.94. The number of carbonyl (C=O) groups is 2. The largest absolute Gasteiger partial charge is 0.497 e. The van der Waals surface area contributed by atoms with Gasteiger partial charge in [-0.25, -0.2) is 9.59 Å². The minimum Gasteiger partial charge on any atom is -0.497 e. The second kappa shape index (κ2) is 9.56. The molecule has 1 fully saturated rings. The maximum Gasteiger partial charge on any atom is 0.407 e. The second-order valence-corrected chi connectivity index (χ2v) is 7.71. The van der Waals surface area contributed by atoms with Crippen LogP contribution in [-0.4, -0.2) is 52.7 Å². The Bertz CT molecular complexity index is 1200. The van der Waals surface area contributed by atoms with Crippen LogP contribution >= 0.6 is 0 Å². The number of nitrogens with one attached hydrogen (secondary N) is 1. The number of nitrogens with zero attached hydrogens (tertiary/aromatic N) is 3. The van der Waals surface area contributed by atoms with Crippen molar-refractivity contribution in [2.45, 2.75) is 12.6 Å². The van der Waals surface area contributed by atoms with E-state index in [1.807, 2.05) is 42.5 Å². The maximum atomic E-state index is 12.9. The number of carbonyl (C=O) groups excluding carboxylic acids is 2. The molecule has 0 atom stereocenters. The summed E-state index contributed by atoms with van der Waals surface area (Å²) in [5.41, 5.74) is 1.76. The Hall–Kier alpha value is -4.14. The van der Waals surface area contributed by atoms with Crippen LogP contribution in [0.3, 0.4) is 0 Å². The summed E-state index contributed by atoms with van der Waals surface area (Å²) >= 11 is 0. The lowest BCUT2D eigenvalue weighted by molar-refractivity contribution is 0.0539. The van der Waals surface area contributed by atoms with E-state index in [1.165, 1.54) is 9.47 Å². The molecule has 0 saturated carbocycles. The number of aromatic nitrogens is 2. The zero-order valence-corrected chi connectivity index (χ0v) is 18.4. The van der Waals surface area contributed by atoms with Gasteiger partial charge in [-0.3, -0.25) is 9.36 Å². The first-order valence-corrected chi connectivity index (χ1v) is 10.4. The van der Waals surface area contributed by atoms with E-state index in [0.717, 1.165) is 11.1 Å². The van der Waals surface area contributed by atoms with Gasteiger partial charge in [0.05, 0.1) is 18.8 Å². The van der Waals surface area contributed by atoms with Gasteiger partial charge in [0.1, 0.15) is 18.1 Å². The van der Waals surface area contributed by atoms with E-state index >= 15 is 0 Å². The molecule has 0 unspecified atom stereocenters. The molecule has 2 amide bonds. The molecule has 0 radical (unpaired) electrons. The number of hydrogen-bond donors (Lipinski definition) is 1. The number of methoxy groups -OCH3 is 1. The zero-order valence-electron chi connectivity index (χ0n) is 18.4. The van der Waals surface area contributed by atoms with Crippen LogP contribution in [0, 0.1) is 0 Å². The predicted octanol–water partition coefficient (Wildman–Crippen LogP) is 2.21. The minimum atomic E-state index is -0.538. The van der Waals surface area contributed by atoms with E-state index in [-0.39, 0.29) is 24.2 Å². The van der Waals surface area contributed by atoms with Crippen molar-refractivity contribution < 1.29 is 19.1 Å². The normalized spacial score (nSPS) is 13.2. The van der Waals surface area contributed by atoms with Gasteiger partial charge in [-0.2, -0.15) is 4.98 Å². The first-order valence-electron chi connectivity index (χ1n) is 10.4. The molecule has 1 aliphatic rings. The van der Waals surface area contributed by atoms with E-state index in [1.54, 1.807) is 32.4 Å². The summed E-state index contributed by atoms with van der Waals surface area (Å²) in [6, 6.07) is 17.9. The summed E-state index contributed by atoms with van der Waals surface area (Å²) in [5, 5.41) is 2.74. The fourth-order valence-electron chi connectivity index (χ4n) is 3.52. The maximum absolute atomic E-state index is 12.9. The Morgan fingerprint density at radius 2 is 1.79 bits per heavy atom. The molecule has 2 aromatic carbocycles. The van der Waals surface area contributed by atoms with Crippen LogP contribution in [-0.2, 0) is 18.4 Å². The molecule has 1 saturated heterocycles. The SMILES string of the molecule is COc1ccc(-c2cc(C(=O)N3CC(NC(=O)OCc4ccccc4)C3)nc(=O)n2C)cc1. The molecule has 9 nitrogen and oxygen atoms in total. The van der Waals surface area contributed by atoms with Crippen molar-refractivity contribution in [2.75, 3.05) is 20.2 Å². The van der Waals surface area contributed by atoms with Crippen molar-refractivity contribution in [1.29, 1.82) is 0 Å². The van der Waals surface area contributed by atoms with Gasteiger partial charge in [-0.15, -0.1) is 0 Å². The van der Waals surface area contributed by atoms with Crippen molar-refractivity contribution in [3.05, 3.63) is 82.4 Å². The lowest BCUT2D eigenvalue weighted by Crippen LogP contribution is -2.61. The lowest BCUT2D eigenvalue weighted by Gasteiger charge is -2.39. The number of benzene rings is 2. The van der Waals surface area contributed by atoms with E-state index in [9.17, 15) is 14.4 Å². The highest BCUT2D eigenvalue weighted by Gasteiger charge is 2.33. The second-order valence-electron chi connectivity index (χ2n) is 7.71. The monoisotopic (exact) mass is 448 g/mol. The van der Waals surface area contributed by atoms with Crippen molar-refractivity contribution in [1.82, 2.24) is 19.8 Å². The lowest BCUT2D eigenvalue weighted by atomic mass is 10.1. The smallest absolute Gasteiger partial charge is 0.407 e. The van der Waals surface area contributed by atoms with E-state index < -0.39 is 11.8 Å². The van der Waals surface area contributed by atoms with E-state index in [0.29, 0.717) is 24.5 Å². The molecule has 170 valence electrons. The molecule has 0 aliphatic carbocycles. The Morgan fingerprint density at radius 1 is 1.09 bits per heavy atom. The van der Waals surface area contributed by atoms with Crippen molar-refractivity contribution in [3.63, 3.8) is 0 Å². The Morgan fingerprint density at radius 3 is 2.45 bits per heavy atom. The van der Waals surface area contributed by atoms with Crippen LogP contribution in [0.1, 0.15) is 16.1 Å². The Balaban J connectivity index is 1.36. The number of alkyl carbamates (subject to hydrolysis) is 1. The quantitative estimate of drug-likeness (QED) is 0.620. The summed E-state index contributed by atoms with van der Waals surface area (Å²) in [5.74, 6) is 0.327. The van der Waals surface area contributed by atoms with Gasteiger partial charge in [0, 0.05) is 20.1 Å². The number of rotatable bonds is 6. The van der Waals surface area contributed by atoms with Crippen molar-refractivity contribution in [2.24, 2.45) is 7.05 Å². The fraction of sp³-hybridized carbons (Fsp3) is 0.250. The number of hydrogen-bond acceptors (Lipinski definition) is 6. The third-order valence-corrected chi connectivity index (χ3v) is 5.45. The van der Waals surface area contributed by atoms with Gasteiger partial charge in [0.2, 0.25) is 0 Å². The van der Waals surface area contributed by atoms with Gasteiger partial charge in [0.15, 0.2) is 0 Å². The highest BCUT2D eigenvalue weighted by Crippen LogP contribution is 2.22. The van der Waals surface area contributed by atoms with Crippen molar-refractivity contribution >= 4 is 12.0 Å². The summed E-state index contributed by atoms with van der Waals surface area (Å²) in [6.45, 7) is 0.801. The minimum absolute atomic E-state index is 0.0639. The van der Waals surface area contributed by atoms with Gasteiger partial charge < -0.3 is 19.7 Å². The molecular weight excluding hydrogens is 424 g/mol. The van der Waals surface area contributed by atoms with E-state index in [2.05, 4.69) is 10.3 Å². The molecule has 1 N–H and O–H groups in total. The van der Waals surface area contributed by atoms with Crippen LogP contribution < -0.4 is 15.7 Å². The predicted molar refractivity (Wildman–Crippen MR) is 121 cm³/mol. The molecule has 3 aromatic rings. The average Bonchev–Trinajstić information content (AvgIpc) is 2.81. The third kappa shape index (κ3) is 5.03. The molecule has 0 bridgehead atoms. The molecule has 1 aliphatic heterocycles. The molecular formula is C24H24N4O5. The van der Waals surface area contributed by atoms with Crippen LogP contribution in [0.2, 0.25) is 0 Å². The standard InChI is InChI=1S/C24H24N4O5/c1-27-21(17-8-10-19(32-2)11-9-17)12-20(26-23(27)30)22(29)28-13-18(14-28)25-24(31)33-15-16-6-4-3-5-7-16/h3-12,18H,13-15H2,1-2H3,(H,25,31). The van der Waals surface area contributed by atoms with Gasteiger partial charge in [-0.05, 0) is 41.5 Å². The van der Waals surface area contributed by atoms with Gasteiger partial charge in [-0.1, -0.05) is 30.3 Å². The Labute approximate surface area is 190 Å². The van der Waals surface area contributed by atoms with E-state index in [4.69, 9.17) is 9.47 Å². The van der Waals surface area contributed by atoms with Crippen LogP contribution in [0.25, 0.3) is 11.3 Å². The van der Waals surface area contributed by atoms with Crippen LogP contribution in [0.4, 0.5) is 4.79 Å². The molecule has 0 spiro atoms. The highest BCUT2D eigenvalue weighted by atomic mass is 16.5. The average molecular weight is 448 g/mol. The summed E-state index contributed by atoms with van der Waals surface area (Å²) in [6.07, 6.45) is -0.538. The summed E-state index contributed by atoms with van der Waals surface area (Å²) < 4.78 is 11.8. The Kier molecular flexibility index (Phi) is 6.39. The number of likely N-dealkylation sites (tertiary alicyclic amines) is 1. The summed E-state index contributed by atoms with van der Waals surface area (Å²) in [4.78, 5) is 42.7.